The van der Waals surface area contributed by atoms with Crippen LogP contribution in [0.3, 0.4) is 0 Å². The van der Waals surface area contributed by atoms with Crippen molar-refractivity contribution in [1.82, 2.24) is 9.80 Å². The molecule has 2 aliphatic rings. The van der Waals surface area contributed by atoms with E-state index >= 15 is 0 Å². The van der Waals surface area contributed by atoms with Gasteiger partial charge in [0.1, 0.15) is 0 Å². The van der Waals surface area contributed by atoms with Gasteiger partial charge in [-0.25, -0.2) is 0 Å². The Morgan fingerprint density at radius 1 is 1.08 bits per heavy atom. The van der Waals surface area contributed by atoms with Crippen molar-refractivity contribution in [3.63, 3.8) is 0 Å². The second kappa shape index (κ2) is 7.66. The Morgan fingerprint density at radius 2 is 1.71 bits per heavy atom. The molecule has 0 saturated carbocycles. The van der Waals surface area contributed by atoms with Crippen molar-refractivity contribution in [3.8, 4) is 0 Å². The summed E-state index contributed by atoms with van der Waals surface area (Å²) >= 11 is 0. The van der Waals surface area contributed by atoms with Crippen LogP contribution in [-0.2, 0) is 11.2 Å². The smallest absolute Gasteiger partial charge is 0.226 e. The highest BCUT2D eigenvalue weighted by atomic mass is 16.3. The van der Waals surface area contributed by atoms with Crippen molar-refractivity contribution in [2.45, 2.75) is 39.0 Å². The van der Waals surface area contributed by atoms with Gasteiger partial charge in [0.15, 0.2) is 0 Å². The van der Waals surface area contributed by atoms with E-state index in [0.29, 0.717) is 6.42 Å². The van der Waals surface area contributed by atoms with Crippen LogP contribution < -0.4 is 0 Å². The second-order valence-corrected chi connectivity index (χ2v) is 7.68. The second-order valence-electron chi connectivity index (χ2n) is 7.68. The SMILES string of the molecule is Cc1ccc(CC(=O)N2CCC(CO)(CN3CCCC3)CC2)cc1. The molecule has 0 bridgehead atoms. The number of piperidine rings is 1. The number of aliphatic hydroxyl groups excluding tert-OH is 1. The molecule has 24 heavy (non-hydrogen) atoms. The summed E-state index contributed by atoms with van der Waals surface area (Å²) in [6.45, 7) is 7.17. The molecule has 0 radical (unpaired) electrons. The minimum atomic E-state index is -0.00895. The van der Waals surface area contributed by atoms with Gasteiger partial charge in [-0.1, -0.05) is 29.8 Å². The lowest BCUT2D eigenvalue weighted by atomic mass is 9.78. The molecule has 0 aromatic heterocycles. The zero-order valence-corrected chi connectivity index (χ0v) is 14.8. The van der Waals surface area contributed by atoms with Crippen molar-refractivity contribution in [3.05, 3.63) is 35.4 Å². The lowest BCUT2D eigenvalue weighted by Crippen LogP contribution is -2.49. The quantitative estimate of drug-likeness (QED) is 0.900. The molecule has 2 fully saturated rings. The molecule has 1 aromatic carbocycles. The Hall–Kier alpha value is -1.39. The van der Waals surface area contributed by atoms with Crippen molar-refractivity contribution < 1.29 is 9.90 Å². The standard InChI is InChI=1S/C20H30N2O2/c1-17-4-6-18(7-5-17)14-19(24)22-12-8-20(16-23,9-13-22)15-21-10-2-3-11-21/h4-7,23H,2-3,8-16H2,1H3. The molecular weight excluding hydrogens is 300 g/mol. The molecule has 132 valence electrons. The van der Waals surface area contributed by atoms with Crippen LogP contribution in [-0.4, -0.2) is 60.1 Å². The molecule has 2 aliphatic heterocycles. The number of likely N-dealkylation sites (tertiary alicyclic amines) is 2. The number of benzene rings is 1. The molecule has 2 heterocycles. The van der Waals surface area contributed by atoms with Crippen LogP contribution in [0, 0.1) is 12.3 Å². The summed E-state index contributed by atoms with van der Waals surface area (Å²) in [5.74, 6) is 0.214. The Morgan fingerprint density at radius 3 is 2.29 bits per heavy atom. The fourth-order valence-corrected chi connectivity index (χ4v) is 4.00. The lowest BCUT2D eigenvalue weighted by Gasteiger charge is -2.42. The molecule has 0 aliphatic carbocycles. The van der Waals surface area contributed by atoms with Gasteiger partial charge >= 0.3 is 0 Å². The number of carbonyl (C=O) groups is 1. The maximum Gasteiger partial charge on any atom is 0.226 e. The maximum atomic E-state index is 12.5. The average Bonchev–Trinajstić information content (AvgIpc) is 3.10. The normalized spacial score (nSPS) is 21.2. The van der Waals surface area contributed by atoms with Crippen LogP contribution in [0.5, 0.6) is 0 Å². The maximum absolute atomic E-state index is 12.5. The summed E-state index contributed by atoms with van der Waals surface area (Å²) < 4.78 is 0. The fraction of sp³-hybridized carbons (Fsp3) is 0.650. The van der Waals surface area contributed by atoms with Gasteiger partial charge in [0, 0.05) is 25.0 Å². The van der Waals surface area contributed by atoms with Crippen LogP contribution in [0.25, 0.3) is 0 Å². The molecule has 4 heteroatoms. The van der Waals surface area contributed by atoms with E-state index in [4.69, 9.17) is 0 Å². The highest BCUT2D eigenvalue weighted by molar-refractivity contribution is 5.78. The first-order valence-corrected chi connectivity index (χ1v) is 9.27. The summed E-state index contributed by atoms with van der Waals surface area (Å²) in [7, 11) is 0. The number of aliphatic hydroxyl groups is 1. The first-order valence-electron chi connectivity index (χ1n) is 9.27. The van der Waals surface area contributed by atoms with Crippen LogP contribution in [0.1, 0.15) is 36.8 Å². The lowest BCUT2D eigenvalue weighted by molar-refractivity contribution is -0.133. The van der Waals surface area contributed by atoms with Crippen molar-refractivity contribution in [2.75, 3.05) is 39.3 Å². The minimum Gasteiger partial charge on any atom is -0.396 e. The number of aryl methyl sites for hydroxylation is 1. The highest BCUT2D eigenvalue weighted by Gasteiger charge is 2.37. The highest BCUT2D eigenvalue weighted by Crippen LogP contribution is 2.33. The molecule has 1 N–H and O–H groups in total. The largest absolute Gasteiger partial charge is 0.396 e. The van der Waals surface area contributed by atoms with Crippen molar-refractivity contribution in [1.29, 1.82) is 0 Å². The minimum absolute atomic E-state index is 0.00895. The van der Waals surface area contributed by atoms with Gasteiger partial charge in [-0.2, -0.15) is 0 Å². The molecule has 1 aromatic rings. The van der Waals surface area contributed by atoms with E-state index in [2.05, 4.69) is 24.0 Å². The Bertz CT molecular complexity index is 541. The molecule has 2 saturated heterocycles. The van der Waals surface area contributed by atoms with E-state index in [1.165, 1.54) is 18.4 Å². The van der Waals surface area contributed by atoms with Crippen LogP contribution in [0.15, 0.2) is 24.3 Å². The fourth-order valence-electron chi connectivity index (χ4n) is 4.00. The third kappa shape index (κ3) is 4.17. The van der Waals surface area contributed by atoms with Crippen LogP contribution in [0.2, 0.25) is 0 Å². The van der Waals surface area contributed by atoms with Gasteiger partial charge in [0.05, 0.1) is 13.0 Å². The Kier molecular flexibility index (Phi) is 5.57. The van der Waals surface area contributed by atoms with Gasteiger partial charge < -0.3 is 14.9 Å². The van der Waals surface area contributed by atoms with E-state index in [1.807, 2.05) is 17.0 Å². The van der Waals surface area contributed by atoms with Crippen molar-refractivity contribution >= 4 is 5.91 Å². The molecule has 3 rings (SSSR count). The molecule has 1 amide bonds. The monoisotopic (exact) mass is 330 g/mol. The summed E-state index contributed by atoms with van der Waals surface area (Å²) in [4.78, 5) is 17.0. The topological polar surface area (TPSA) is 43.8 Å². The van der Waals surface area contributed by atoms with Crippen LogP contribution >= 0.6 is 0 Å². The predicted octanol–water partition coefficient (Wildman–Crippen LogP) is 2.23. The predicted molar refractivity (Wildman–Crippen MR) is 95.9 cm³/mol. The van der Waals surface area contributed by atoms with Crippen molar-refractivity contribution in [2.24, 2.45) is 5.41 Å². The molecule has 4 nitrogen and oxygen atoms in total. The average molecular weight is 330 g/mol. The number of amides is 1. The first-order chi connectivity index (χ1) is 11.6. The van der Waals surface area contributed by atoms with Crippen LogP contribution in [0.4, 0.5) is 0 Å². The van der Waals surface area contributed by atoms with Gasteiger partial charge in [-0.15, -0.1) is 0 Å². The van der Waals surface area contributed by atoms with Gasteiger partial charge in [0.2, 0.25) is 5.91 Å². The van der Waals surface area contributed by atoms with Gasteiger partial charge in [-0.05, 0) is 51.3 Å². The van der Waals surface area contributed by atoms with Gasteiger partial charge in [0.25, 0.3) is 0 Å². The van der Waals surface area contributed by atoms with E-state index in [0.717, 1.165) is 51.1 Å². The third-order valence-corrected chi connectivity index (χ3v) is 5.75. The van der Waals surface area contributed by atoms with E-state index in [1.54, 1.807) is 0 Å². The number of nitrogens with zero attached hydrogens (tertiary/aromatic N) is 2. The zero-order valence-electron chi connectivity index (χ0n) is 14.8. The number of hydrogen-bond donors (Lipinski definition) is 1. The van der Waals surface area contributed by atoms with E-state index < -0.39 is 0 Å². The number of carbonyl (C=O) groups excluding carboxylic acids is 1. The number of rotatable bonds is 5. The first kappa shape index (κ1) is 17.4. The summed E-state index contributed by atoms with van der Waals surface area (Å²) in [5.41, 5.74) is 2.30. The molecule has 0 spiro atoms. The van der Waals surface area contributed by atoms with E-state index in [-0.39, 0.29) is 17.9 Å². The van der Waals surface area contributed by atoms with Gasteiger partial charge in [-0.3, -0.25) is 4.79 Å². The third-order valence-electron chi connectivity index (χ3n) is 5.75. The Labute approximate surface area is 145 Å². The zero-order chi connectivity index (χ0) is 17.0. The number of hydrogen-bond acceptors (Lipinski definition) is 3. The molecule has 0 unspecified atom stereocenters. The summed E-state index contributed by atoms with van der Waals surface area (Å²) in [6.07, 6.45) is 4.88. The summed E-state index contributed by atoms with van der Waals surface area (Å²) in [5, 5.41) is 9.96. The summed E-state index contributed by atoms with van der Waals surface area (Å²) in [6, 6.07) is 8.21. The molecule has 0 atom stereocenters. The Balaban J connectivity index is 1.53. The molecular formula is C20H30N2O2. The van der Waals surface area contributed by atoms with E-state index in [9.17, 15) is 9.90 Å².